The highest BCUT2D eigenvalue weighted by atomic mass is 16.7. The number of nitrogens with zero attached hydrogens (tertiary/aromatic N) is 2. The average Bonchev–Trinajstić information content (AvgIpc) is 3.12. The predicted molar refractivity (Wildman–Crippen MR) is 133 cm³/mol. The number of rotatable bonds is 7. The van der Waals surface area contributed by atoms with E-state index >= 15 is 0 Å². The highest BCUT2D eigenvalue weighted by Crippen LogP contribution is 2.31. The molecule has 4 aromatic rings. The average molecular weight is 461 g/mol. The Kier molecular flexibility index (Phi) is 7.33. The molecule has 0 fully saturated rings. The molecule has 0 aliphatic carbocycles. The van der Waals surface area contributed by atoms with Gasteiger partial charge >= 0.3 is 6.16 Å². The van der Waals surface area contributed by atoms with Gasteiger partial charge in [0.25, 0.3) is 0 Å². The fourth-order valence-corrected chi connectivity index (χ4v) is 4.05. The van der Waals surface area contributed by atoms with Crippen molar-refractivity contribution >= 4 is 23.0 Å². The van der Waals surface area contributed by atoms with Gasteiger partial charge in [-0.25, -0.2) is 9.78 Å². The number of nitrogens with one attached hydrogen (secondary N) is 1. The zero-order valence-corrected chi connectivity index (χ0v) is 19.1. The van der Waals surface area contributed by atoms with Crippen molar-refractivity contribution in [1.82, 2.24) is 9.55 Å². The molecule has 0 saturated heterocycles. The van der Waals surface area contributed by atoms with Crippen molar-refractivity contribution in [1.29, 1.82) is 5.41 Å². The Bertz CT molecular complexity index is 1340. The van der Waals surface area contributed by atoms with Crippen LogP contribution in [0.1, 0.15) is 35.9 Å². The summed E-state index contributed by atoms with van der Waals surface area (Å²) in [4.78, 5) is 15.9. The van der Waals surface area contributed by atoms with Crippen molar-refractivity contribution in [3.63, 3.8) is 0 Å². The summed E-state index contributed by atoms with van der Waals surface area (Å²) in [7, 11) is 0. The van der Waals surface area contributed by atoms with Crippen LogP contribution < -0.4 is 10.5 Å². The summed E-state index contributed by atoms with van der Waals surface area (Å²) in [6.45, 7) is 4.75. The van der Waals surface area contributed by atoms with E-state index in [0.29, 0.717) is 23.4 Å². The van der Waals surface area contributed by atoms with Crippen molar-refractivity contribution in [3.8, 4) is 16.9 Å². The minimum Gasteiger partial charge on any atom is -0.449 e. The fourth-order valence-electron chi connectivity index (χ4n) is 4.05. The summed E-state index contributed by atoms with van der Waals surface area (Å²) in [5.74, 6) is 1.34. The highest BCUT2D eigenvalue weighted by molar-refractivity contribution is 5.99. The van der Waals surface area contributed by atoms with E-state index in [1.54, 1.807) is 12.1 Å². The molecule has 0 aliphatic heterocycles. The SMILES string of the molecule is CCCc1nc2c(C)cc(C(=N)N)cc2n1Cc1ccc(-c2ccccc2OC(=O)O)cc1.O. The van der Waals surface area contributed by atoms with Crippen LogP contribution in [-0.2, 0) is 13.0 Å². The van der Waals surface area contributed by atoms with E-state index in [0.717, 1.165) is 46.4 Å². The number of imidazole rings is 1. The normalized spacial score (nSPS) is 10.6. The molecule has 6 N–H and O–H groups in total. The van der Waals surface area contributed by atoms with Crippen LogP contribution in [0.5, 0.6) is 5.75 Å². The number of hydrogen-bond donors (Lipinski definition) is 3. The number of hydrogen-bond acceptors (Lipinski definition) is 4. The first-order valence-corrected chi connectivity index (χ1v) is 10.8. The van der Waals surface area contributed by atoms with Gasteiger partial charge in [0.05, 0.1) is 11.0 Å². The third-order valence-corrected chi connectivity index (χ3v) is 5.60. The lowest BCUT2D eigenvalue weighted by Crippen LogP contribution is -2.12. The van der Waals surface area contributed by atoms with Crippen molar-refractivity contribution in [2.45, 2.75) is 33.2 Å². The van der Waals surface area contributed by atoms with Crippen LogP contribution in [0.3, 0.4) is 0 Å². The molecule has 8 heteroatoms. The molecule has 4 rings (SSSR count). The van der Waals surface area contributed by atoms with Gasteiger partial charge in [-0.05, 0) is 48.2 Å². The summed E-state index contributed by atoms with van der Waals surface area (Å²) < 4.78 is 7.11. The maximum atomic E-state index is 11.0. The number of aryl methyl sites for hydroxylation is 2. The summed E-state index contributed by atoms with van der Waals surface area (Å²) >= 11 is 0. The van der Waals surface area contributed by atoms with Gasteiger partial charge in [-0.1, -0.05) is 49.4 Å². The Morgan fingerprint density at radius 1 is 1.15 bits per heavy atom. The van der Waals surface area contributed by atoms with E-state index in [1.165, 1.54) is 0 Å². The van der Waals surface area contributed by atoms with E-state index in [2.05, 4.69) is 11.5 Å². The Morgan fingerprint density at radius 2 is 1.85 bits per heavy atom. The van der Waals surface area contributed by atoms with Crippen molar-refractivity contribution in [3.05, 3.63) is 83.2 Å². The number of ether oxygens (including phenoxy) is 1. The van der Waals surface area contributed by atoms with Crippen LogP contribution in [0.25, 0.3) is 22.2 Å². The number of amidine groups is 1. The molecule has 3 aromatic carbocycles. The number of aromatic nitrogens is 2. The molecule has 0 saturated carbocycles. The van der Waals surface area contributed by atoms with Gasteiger partial charge < -0.3 is 25.6 Å². The van der Waals surface area contributed by atoms with Gasteiger partial charge in [-0.2, -0.15) is 0 Å². The maximum Gasteiger partial charge on any atom is 0.511 e. The molecule has 1 aromatic heterocycles. The Labute approximate surface area is 197 Å². The van der Waals surface area contributed by atoms with E-state index in [-0.39, 0.29) is 11.3 Å². The second-order valence-electron chi connectivity index (χ2n) is 8.00. The van der Waals surface area contributed by atoms with Crippen LogP contribution in [0.2, 0.25) is 0 Å². The second kappa shape index (κ2) is 10.2. The molecule has 0 spiro atoms. The number of fused-ring (bicyclic) bond motifs is 1. The van der Waals surface area contributed by atoms with Crippen molar-refractivity contribution in [2.75, 3.05) is 0 Å². The molecule has 176 valence electrons. The Hall–Kier alpha value is -4.17. The molecule has 34 heavy (non-hydrogen) atoms. The molecular formula is C26H28N4O4. The van der Waals surface area contributed by atoms with E-state index in [1.807, 2.05) is 55.5 Å². The third-order valence-electron chi connectivity index (χ3n) is 5.60. The first-order valence-electron chi connectivity index (χ1n) is 10.8. The van der Waals surface area contributed by atoms with Gasteiger partial charge in [0.2, 0.25) is 0 Å². The van der Waals surface area contributed by atoms with E-state index < -0.39 is 6.16 Å². The molecule has 0 unspecified atom stereocenters. The van der Waals surface area contributed by atoms with Gasteiger partial charge in [0.15, 0.2) is 0 Å². The highest BCUT2D eigenvalue weighted by Gasteiger charge is 2.15. The molecular weight excluding hydrogens is 432 g/mol. The minimum atomic E-state index is -1.34. The van der Waals surface area contributed by atoms with Gasteiger partial charge in [0.1, 0.15) is 17.4 Å². The fraction of sp³-hybridized carbons (Fsp3) is 0.192. The largest absolute Gasteiger partial charge is 0.511 e. The lowest BCUT2D eigenvalue weighted by Gasteiger charge is -2.12. The summed E-state index contributed by atoms with van der Waals surface area (Å²) in [5.41, 5.74) is 12.0. The molecule has 0 atom stereocenters. The van der Waals surface area contributed by atoms with Crippen molar-refractivity contribution in [2.24, 2.45) is 5.73 Å². The smallest absolute Gasteiger partial charge is 0.449 e. The first-order chi connectivity index (χ1) is 15.9. The maximum absolute atomic E-state index is 11.0. The number of para-hydroxylation sites is 1. The quantitative estimate of drug-likeness (QED) is 0.160. The summed E-state index contributed by atoms with van der Waals surface area (Å²) in [6, 6.07) is 18.9. The molecule has 0 bridgehead atoms. The van der Waals surface area contributed by atoms with Crippen LogP contribution in [0, 0.1) is 12.3 Å². The number of carboxylic acid groups (broad SMARTS) is 1. The second-order valence-corrected chi connectivity index (χ2v) is 8.00. The van der Waals surface area contributed by atoms with Gasteiger partial charge in [0, 0.05) is 24.1 Å². The van der Waals surface area contributed by atoms with E-state index in [4.69, 9.17) is 26.0 Å². The topological polar surface area (TPSA) is 146 Å². The van der Waals surface area contributed by atoms with Gasteiger partial charge in [-0.15, -0.1) is 0 Å². The summed E-state index contributed by atoms with van der Waals surface area (Å²) in [5, 5.41) is 16.9. The number of nitrogens with two attached hydrogens (primary N) is 1. The van der Waals surface area contributed by atoms with Crippen LogP contribution in [-0.4, -0.2) is 32.1 Å². The number of carbonyl (C=O) groups is 1. The van der Waals surface area contributed by atoms with E-state index in [9.17, 15) is 4.79 Å². The number of benzene rings is 3. The molecule has 0 aliphatic rings. The monoisotopic (exact) mass is 460 g/mol. The standard InChI is InChI=1S/C26H26N4O3.H2O/c1-3-6-23-29-24-16(2)13-19(25(27)28)14-21(24)30(23)15-17-9-11-18(12-10-17)20-7-4-5-8-22(20)33-26(31)32;/h4-5,7-14H,3,6,15H2,1-2H3,(H3,27,28)(H,31,32);1H2. The Morgan fingerprint density at radius 3 is 2.50 bits per heavy atom. The third kappa shape index (κ3) is 4.92. The molecule has 1 heterocycles. The Balaban J connectivity index is 0.00000324. The van der Waals surface area contributed by atoms with Crippen molar-refractivity contribution < 1.29 is 20.1 Å². The van der Waals surface area contributed by atoms with Crippen LogP contribution >= 0.6 is 0 Å². The first kappa shape index (κ1) is 24.5. The minimum absolute atomic E-state index is 0. The molecule has 0 radical (unpaired) electrons. The summed E-state index contributed by atoms with van der Waals surface area (Å²) in [6.07, 6.45) is 0.484. The number of nitrogen functional groups attached to an aromatic ring is 1. The molecule has 0 amide bonds. The van der Waals surface area contributed by atoms with Crippen LogP contribution in [0.4, 0.5) is 4.79 Å². The van der Waals surface area contributed by atoms with Crippen LogP contribution in [0.15, 0.2) is 60.7 Å². The lowest BCUT2D eigenvalue weighted by atomic mass is 10.0. The lowest BCUT2D eigenvalue weighted by molar-refractivity contribution is 0.144. The zero-order chi connectivity index (χ0) is 23.5. The molecule has 8 nitrogen and oxygen atoms in total. The zero-order valence-electron chi connectivity index (χ0n) is 19.1. The predicted octanol–water partition coefficient (Wildman–Crippen LogP) is 4.53. The van der Waals surface area contributed by atoms with Gasteiger partial charge in [-0.3, -0.25) is 5.41 Å².